The summed E-state index contributed by atoms with van der Waals surface area (Å²) in [5, 5.41) is 8.73. The Morgan fingerprint density at radius 3 is 2.91 bits per heavy atom. The summed E-state index contributed by atoms with van der Waals surface area (Å²) in [6, 6.07) is 0. The Morgan fingerprint density at radius 2 is 2.36 bits per heavy atom. The van der Waals surface area contributed by atoms with Gasteiger partial charge < -0.3 is 10.0 Å². The molecule has 0 aromatic carbocycles. The molecule has 0 aromatic heterocycles. The molecule has 3 nitrogen and oxygen atoms in total. The van der Waals surface area contributed by atoms with Crippen LogP contribution in [0.5, 0.6) is 0 Å². The number of rotatable bonds is 3. The molecule has 0 aromatic rings. The molecule has 1 N–H and O–H groups in total. The molecule has 1 aliphatic heterocycles. The average Bonchev–Trinajstić information content (AvgIpc) is 2.36. The SMILES string of the molecule is CC(C)C1=NCCN1CCO. The lowest BCUT2D eigenvalue weighted by molar-refractivity contribution is 0.253. The highest BCUT2D eigenvalue weighted by molar-refractivity contribution is 5.85. The first-order valence-electron chi connectivity index (χ1n) is 4.16. The van der Waals surface area contributed by atoms with Gasteiger partial charge in [-0.2, -0.15) is 0 Å². The van der Waals surface area contributed by atoms with Crippen LogP contribution >= 0.6 is 0 Å². The van der Waals surface area contributed by atoms with E-state index in [-0.39, 0.29) is 6.61 Å². The van der Waals surface area contributed by atoms with Crippen molar-refractivity contribution in [2.45, 2.75) is 13.8 Å². The lowest BCUT2D eigenvalue weighted by atomic mass is 10.2. The number of nitrogens with zero attached hydrogens (tertiary/aromatic N) is 2. The van der Waals surface area contributed by atoms with E-state index >= 15 is 0 Å². The summed E-state index contributed by atoms with van der Waals surface area (Å²) in [6.45, 7) is 7.10. The lowest BCUT2D eigenvalue weighted by Gasteiger charge is -2.21. The maximum Gasteiger partial charge on any atom is 0.102 e. The number of hydrogen-bond acceptors (Lipinski definition) is 3. The van der Waals surface area contributed by atoms with Crippen molar-refractivity contribution >= 4 is 5.84 Å². The van der Waals surface area contributed by atoms with E-state index in [2.05, 4.69) is 23.7 Å². The van der Waals surface area contributed by atoms with Crippen LogP contribution in [0.4, 0.5) is 0 Å². The molecule has 0 radical (unpaired) electrons. The molecule has 3 heteroatoms. The number of β-amino-alcohol motifs (C(OH)–C–C–N with tert-alkyl or cyclic N) is 1. The Kier molecular flexibility index (Phi) is 2.88. The van der Waals surface area contributed by atoms with Gasteiger partial charge >= 0.3 is 0 Å². The van der Waals surface area contributed by atoms with Gasteiger partial charge in [-0.3, -0.25) is 4.99 Å². The molecular weight excluding hydrogens is 140 g/mol. The minimum Gasteiger partial charge on any atom is -0.395 e. The van der Waals surface area contributed by atoms with Crippen LogP contribution in [0.15, 0.2) is 4.99 Å². The summed E-state index contributed by atoms with van der Waals surface area (Å²) >= 11 is 0. The van der Waals surface area contributed by atoms with Gasteiger partial charge in [0.25, 0.3) is 0 Å². The van der Waals surface area contributed by atoms with Gasteiger partial charge in [0.2, 0.25) is 0 Å². The van der Waals surface area contributed by atoms with E-state index in [9.17, 15) is 0 Å². The highest BCUT2D eigenvalue weighted by Crippen LogP contribution is 2.08. The molecule has 0 amide bonds. The van der Waals surface area contributed by atoms with Gasteiger partial charge in [-0.25, -0.2) is 0 Å². The van der Waals surface area contributed by atoms with Crippen molar-refractivity contribution < 1.29 is 5.11 Å². The molecule has 0 bridgehead atoms. The maximum atomic E-state index is 8.73. The van der Waals surface area contributed by atoms with Gasteiger partial charge in [0, 0.05) is 19.0 Å². The van der Waals surface area contributed by atoms with Crippen molar-refractivity contribution in [3.63, 3.8) is 0 Å². The quantitative estimate of drug-likeness (QED) is 0.640. The Labute approximate surface area is 67.7 Å². The average molecular weight is 156 g/mol. The number of hydrogen-bond donors (Lipinski definition) is 1. The molecule has 0 fully saturated rings. The van der Waals surface area contributed by atoms with Crippen LogP contribution in [0.2, 0.25) is 0 Å². The van der Waals surface area contributed by atoms with E-state index in [0.717, 1.165) is 25.5 Å². The molecule has 0 saturated heterocycles. The minimum atomic E-state index is 0.228. The van der Waals surface area contributed by atoms with Crippen LogP contribution in [0.25, 0.3) is 0 Å². The molecular formula is C8H16N2O. The first kappa shape index (κ1) is 8.53. The Morgan fingerprint density at radius 1 is 1.64 bits per heavy atom. The van der Waals surface area contributed by atoms with Crippen molar-refractivity contribution in [1.29, 1.82) is 0 Å². The Balaban J connectivity index is 2.48. The third-order valence-corrected chi connectivity index (χ3v) is 1.85. The second-order valence-corrected chi connectivity index (χ2v) is 3.11. The van der Waals surface area contributed by atoms with E-state index in [1.54, 1.807) is 0 Å². The fraction of sp³-hybridized carbons (Fsp3) is 0.875. The maximum absolute atomic E-state index is 8.73. The standard InChI is InChI=1S/C8H16N2O/c1-7(2)8-9-3-4-10(8)5-6-11/h7,11H,3-6H2,1-2H3. The molecule has 64 valence electrons. The van der Waals surface area contributed by atoms with Crippen molar-refractivity contribution in [2.24, 2.45) is 10.9 Å². The fourth-order valence-electron chi connectivity index (χ4n) is 1.39. The third-order valence-electron chi connectivity index (χ3n) is 1.85. The fourth-order valence-corrected chi connectivity index (χ4v) is 1.39. The van der Waals surface area contributed by atoms with Gasteiger partial charge in [-0.05, 0) is 0 Å². The molecule has 11 heavy (non-hydrogen) atoms. The summed E-state index contributed by atoms with van der Waals surface area (Å²) in [5.74, 6) is 1.64. The lowest BCUT2D eigenvalue weighted by Crippen LogP contribution is -2.33. The second-order valence-electron chi connectivity index (χ2n) is 3.11. The Bertz CT molecular complexity index is 154. The molecule has 1 aliphatic rings. The highest BCUT2D eigenvalue weighted by Gasteiger charge is 2.18. The van der Waals surface area contributed by atoms with Gasteiger partial charge in [0.05, 0.1) is 13.2 Å². The van der Waals surface area contributed by atoms with Crippen LogP contribution in [0, 0.1) is 5.92 Å². The predicted octanol–water partition coefficient (Wildman–Crippen LogP) is 0.349. The normalized spacial score (nSPS) is 17.8. The van der Waals surface area contributed by atoms with Gasteiger partial charge in [0.15, 0.2) is 0 Å². The topological polar surface area (TPSA) is 35.8 Å². The van der Waals surface area contributed by atoms with E-state index in [0.29, 0.717) is 5.92 Å². The molecule has 0 atom stereocenters. The van der Waals surface area contributed by atoms with Gasteiger partial charge in [-0.15, -0.1) is 0 Å². The zero-order valence-corrected chi connectivity index (χ0v) is 7.25. The largest absolute Gasteiger partial charge is 0.395 e. The summed E-state index contributed by atoms with van der Waals surface area (Å²) < 4.78 is 0. The summed E-state index contributed by atoms with van der Waals surface area (Å²) in [4.78, 5) is 6.52. The molecule has 1 heterocycles. The first-order valence-corrected chi connectivity index (χ1v) is 4.16. The van der Waals surface area contributed by atoms with Crippen LogP contribution < -0.4 is 0 Å². The smallest absolute Gasteiger partial charge is 0.102 e. The zero-order valence-electron chi connectivity index (χ0n) is 7.25. The monoisotopic (exact) mass is 156 g/mol. The molecule has 1 rings (SSSR count). The zero-order chi connectivity index (χ0) is 8.27. The van der Waals surface area contributed by atoms with Gasteiger partial charge in [0.1, 0.15) is 5.84 Å². The molecule has 0 unspecified atom stereocenters. The summed E-state index contributed by atoms with van der Waals surface area (Å²) in [5.41, 5.74) is 0. The van der Waals surface area contributed by atoms with Crippen LogP contribution in [0.1, 0.15) is 13.8 Å². The second kappa shape index (κ2) is 3.72. The van der Waals surface area contributed by atoms with E-state index in [1.165, 1.54) is 0 Å². The number of aliphatic imine (C=N–C) groups is 1. The van der Waals surface area contributed by atoms with E-state index in [1.807, 2.05) is 0 Å². The van der Waals surface area contributed by atoms with Crippen molar-refractivity contribution in [3.8, 4) is 0 Å². The molecule has 0 aliphatic carbocycles. The number of amidine groups is 1. The number of aliphatic hydroxyl groups excluding tert-OH is 1. The first-order chi connectivity index (χ1) is 5.25. The van der Waals surface area contributed by atoms with Crippen molar-refractivity contribution in [2.75, 3.05) is 26.2 Å². The Hall–Kier alpha value is -0.570. The third kappa shape index (κ3) is 1.93. The highest BCUT2D eigenvalue weighted by atomic mass is 16.3. The van der Waals surface area contributed by atoms with E-state index < -0.39 is 0 Å². The van der Waals surface area contributed by atoms with Crippen LogP contribution in [-0.4, -0.2) is 42.1 Å². The number of aliphatic hydroxyl groups is 1. The summed E-state index contributed by atoms with van der Waals surface area (Å²) in [6.07, 6.45) is 0. The molecule has 0 saturated carbocycles. The van der Waals surface area contributed by atoms with Gasteiger partial charge in [-0.1, -0.05) is 13.8 Å². The van der Waals surface area contributed by atoms with E-state index in [4.69, 9.17) is 5.11 Å². The predicted molar refractivity (Wildman–Crippen MR) is 45.8 cm³/mol. The van der Waals surface area contributed by atoms with Crippen LogP contribution in [0.3, 0.4) is 0 Å². The van der Waals surface area contributed by atoms with Crippen molar-refractivity contribution in [1.82, 2.24) is 4.90 Å². The molecule has 0 spiro atoms. The minimum absolute atomic E-state index is 0.228. The van der Waals surface area contributed by atoms with Crippen LogP contribution in [-0.2, 0) is 0 Å². The van der Waals surface area contributed by atoms with Crippen molar-refractivity contribution in [3.05, 3.63) is 0 Å². The summed E-state index contributed by atoms with van der Waals surface area (Å²) in [7, 11) is 0.